The second-order valence-electron chi connectivity index (χ2n) is 4.95. The maximum absolute atomic E-state index is 6.32. The predicted octanol–water partition coefficient (Wildman–Crippen LogP) is 4.31. The Morgan fingerprint density at radius 2 is 1.88 bits per heavy atom. The fraction of sp³-hybridized carbons (Fsp3) is 0.769. The van der Waals surface area contributed by atoms with Gasteiger partial charge in [0.25, 0.3) is 0 Å². The van der Waals surface area contributed by atoms with E-state index >= 15 is 0 Å². The van der Waals surface area contributed by atoms with Gasteiger partial charge in [0.1, 0.15) is 0 Å². The quantitative estimate of drug-likeness (QED) is 0.733. The van der Waals surface area contributed by atoms with Crippen molar-refractivity contribution in [2.24, 2.45) is 11.8 Å². The van der Waals surface area contributed by atoms with Gasteiger partial charge in [0.15, 0.2) is 0 Å². The summed E-state index contributed by atoms with van der Waals surface area (Å²) in [6.07, 6.45) is 0.899. The number of alkyl halides is 1. The van der Waals surface area contributed by atoms with E-state index in [0.29, 0.717) is 11.8 Å². The molecule has 0 saturated carbocycles. The molecular weight excluding hydrogens is 255 g/mol. The lowest BCUT2D eigenvalue weighted by Crippen LogP contribution is -2.22. The van der Waals surface area contributed by atoms with Crippen LogP contribution in [0.4, 0.5) is 0 Å². The lowest BCUT2D eigenvalue weighted by Gasteiger charge is -2.23. The van der Waals surface area contributed by atoms with E-state index < -0.39 is 0 Å². The largest absolute Gasteiger partial charge is 0.268 e. The van der Waals surface area contributed by atoms with Crippen molar-refractivity contribution >= 4 is 23.2 Å². The molecule has 1 aromatic heterocycles. The van der Waals surface area contributed by atoms with Gasteiger partial charge in [-0.2, -0.15) is 5.10 Å². The van der Waals surface area contributed by atoms with Crippen LogP contribution < -0.4 is 0 Å². The molecule has 0 N–H and O–H groups in total. The Labute approximate surface area is 114 Å². The Balaban J connectivity index is 3.00. The van der Waals surface area contributed by atoms with Crippen LogP contribution in [-0.2, 0) is 13.0 Å². The van der Waals surface area contributed by atoms with Crippen LogP contribution in [0.2, 0.25) is 5.02 Å². The highest BCUT2D eigenvalue weighted by molar-refractivity contribution is 6.31. The van der Waals surface area contributed by atoms with Gasteiger partial charge in [0.2, 0.25) is 0 Å². The van der Waals surface area contributed by atoms with Crippen LogP contribution in [0.3, 0.4) is 0 Å². The SMILES string of the molecule is CCn1nc(C)c(Cl)c1CC(C(C)C)C(C)Cl. The van der Waals surface area contributed by atoms with E-state index in [2.05, 4.69) is 32.8 Å². The summed E-state index contributed by atoms with van der Waals surface area (Å²) in [7, 11) is 0. The first-order valence-corrected chi connectivity index (χ1v) is 7.05. The number of hydrogen-bond donors (Lipinski definition) is 0. The number of aromatic nitrogens is 2. The molecule has 0 radical (unpaired) electrons. The van der Waals surface area contributed by atoms with Crippen molar-refractivity contribution in [1.29, 1.82) is 0 Å². The van der Waals surface area contributed by atoms with Crippen LogP contribution in [0.15, 0.2) is 0 Å². The van der Waals surface area contributed by atoms with E-state index in [9.17, 15) is 0 Å². The van der Waals surface area contributed by atoms with E-state index in [1.54, 1.807) is 0 Å². The summed E-state index contributed by atoms with van der Waals surface area (Å²) in [4.78, 5) is 0. The fourth-order valence-corrected chi connectivity index (χ4v) is 2.81. The Kier molecular flexibility index (Phi) is 5.33. The molecule has 2 atom stereocenters. The van der Waals surface area contributed by atoms with Crippen molar-refractivity contribution in [1.82, 2.24) is 9.78 Å². The third-order valence-corrected chi connectivity index (χ3v) is 4.14. The summed E-state index contributed by atoms with van der Waals surface area (Å²) in [5, 5.41) is 5.39. The molecule has 0 aliphatic rings. The molecular formula is C13H22Cl2N2. The minimum absolute atomic E-state index is 0.145. The molecule has 17 heavy (non-hydrogen) atoms. The van der Waals surface area contributed by atoms with Gasteiger partial charge in [-0.1, -0.05) is 25.4 Å². The van der Waals surface area contributed by atoms with Gasteiger partial charge in [-0.05, 0) is 39.0 Å². The average Bonchev–Trinajstić information content (AvgIpc) is 2.51. The zero-order valence-electron chi connectivity index (χ0n) is 11.3. The molecule has 0 aliphatic carbocycles. The first-order chi connectivity index (χ1) is 7.88. The second kappa shape index (κ2) is 6.10. The smallest absolute Gasteiger partial charge is 0.0847 e. The maximum atomic E-state index is 6.32. The van der Waals surface area contributed by atoms with Crippen LogP contribution in [-0.4, -0.2) is 15.2 Å². The van der Waals surface area contributed by atoms with Crippen molar-refractivity contribution in [3.63, 3.8) is 0 Å². The lowest BCUT2D eigenvalue weighted by molar-refractivity contribution is 0.366. The topological polar surface area (TPSA) is 17.8 Å². The normalized spacial score (nSPS) is 15.3. The van der Waals surface area contributed by atoms with E-state index in [0.717, 1.165) is 29.4 Å². The van der Waals surface area contributed by atoms with Gasteiger partial charge in [-0.25, -0.2) is 0 Å². The van der Waals surface area contributed by atoms with Crippen molar-refractivity contribution in [3.8, 4) is 0 Å². The lowest BCUT2D eigenvalue weighted by atomic mass is 9.88. The highest BCUT2D eigenvalue weighted by Gasteiger charge is 2.23. The summed E-state index contributed by atoms with van der Waals surface area (Å²) in [6, 6.07) is 0. The summed E-state index contributed by atoms with van der Waals surface area (Å²) in [6.45, 7) is 11.4. The van der Waals surface area contributed by atoms with E-state index in [1.165, 1.54) is 0 Å². The Bertz CT molecular complexity index is 362. The van der Waals surface area contributed by atoms with E-state index in [1.807, 2.05) is 11.6 Å². The predicted molar refractivity (Wildman–Crippen MR) is 75.0 cm³/mol. The molecule has 98 valence electrons. The molecule has 0 aliphatic heterocycles. The highest BCUT2D eigenvalue weighted by Crippen LogP contribution is 2.29. The first-order valence-electron chi connectivity index (χ1n) is 6.24. The van der Waals surface area contributed by atoms with Crippen molar-refractivity contribution < 1.29 is 0 Å². The minimum Gasteiger partial charge on any atom is -0.268 e. The number of rotatable bonds is 5. The Morgan fingerprint density at radius 3 is 2.29 bits per heavy atom. The number of halogens is 2. The third kappa shape index (κ3) is 3.38. The molecule has 4 heteroatoms. The Hall–Kier alpha value is -0.210. The summed E-state index contributed by atoms with van der Waals surface area (Å²) in [5.41, 5.74) is 2.03. The molecule has 1 rings (SSSR count). The molecule has 0 aromatic carbocycles. The maximum Gasteiger partial charge on any atom is 0.0847 e. The zero-order chi connectivity index (χ0) is 13.2. The van der Waals surface area contributed by atoms with E-state index in [4.69, 9.17) is 23.2 Å². The van der Waals surface area contributed by atoms with Crippen LogP contribution in [0, 0.1) is 18.8 Å². The van der Waals surface area contributed by atoms with Gasteiger partial charge in [-0.15, -0.1) is 11.6 Å². The number of aryl methyl sites for hydroxylation is 2. The molecule has 1 aromatic rings. The Morgan fingerprint density at radius 1 is 1.29 bits per heavy atom. The summed E-state index contributed by atoms with van der Waals surface area (Å²) < 4.78 is 1.99. The van der Waals surface area contributed by atoms with Gasteiger partial charge < -0.3 is 0 Å². The molecule has 0 amide bonds. The number of nitrogens with zero attached hydrogens (tertiary/aromatic N) is 2. The van der Waals surface area contributed by atoms with Crippen molar-refractivity contribution in [2.75, 3.05) is 0 Å². The van der Waals surface area contributed by atoms with Gasteiger partial charge in [-0.3, -0.25) is 4.68 Å². The zero-order valence-corrected chi connectivity index (χ0v) is 12.8. The minimum atomic E-state index is 0.145. The monoisotopic (exact) mass is 276 g/mol. The first kappa shape index (κ1) is 14.8. The van der Waals surface area contributed by atoms with Crippen LogP contribution in [0.5, 0.6) is 0 Å². The molecule has 0 spiro atoms. The molecule has 0 bridgehead atoms. The van der Waals surface area contributed by atoms with Crippen molar-refractivity contribution in [3.05, 3.63) is 16.4 Å². The molecule has 0 fully saturated rings. The summed E-state index contributed by atoms with van der Waals surface area (Å²) in [5.74, 6) is 0.967. The van der Waals surface area contributed by atoms with Crippen LogP contribution in [0.25, 0.3) is 0 Å². The number of hydrogen-bond acceptors (Lipinski definition) is 1. The highest BCUT2D eigenvalue weighted by atomic mass is 35.5. The molecule has 2 nitrogen and oxygen atoms in total. The van der Waals surface area contributed by atoms with Crippen LogP contribution in [0.1, 0.15) is 39.1 Å². The third-order valence-electron chi connectivity index (χ3n) is 3.33. The molecule has 2 unspecified atom stereocenters. The van der Waals surface area contributed by atoms with Crippen molar-refractivity contribution in [2.45, 2.75) is 53.0 Å². The molecule has 0 saturated heterocycles. The van der Waals surface area contributed by atoms with Gasteiger partial charge >= 0.3 is 0 Å². The average molecular weight is 277 g/mol. The van der Waals surface area contributed by atoms with Gasteiger partial charge in [0.05, 0.1) is 16.4 Å². The fourth-order valence-electron chi connectivity index (χ4n) is 2.22. The van der Waals surface area contributed by atoms with Gasteiger partial charge in [0, 0.05) is 11.9 Å². The standard InChI is InChI=1S/C13H22Cl2N2/c1-6-17-12(13(15)10(5)16-17)7-11(8(2)3)9(4)14/h8-9,11H,6-7H2,1-5H3. The van der Waals surface area contributed by atoms with E-state index in [-0.39, 0.29) is 5.38 Å². The molecule has 1 heterocycles. The summed E-state index contributed by atoms with van der Waals surface area (Å²) >= 11 is 12.6. The second-order valence-corrected chi connectivity index (χ2v) is 6.02. The van der Waals surface area contributed by atoms with Crippen LogP contribution >= 0.6 is 23.2 Å².